The summed E-state index contributed by atoms with van der Waals surface area (Å²) in [6.07, 6.45) is 5.14. The van der Waals surface area contributed by atoms with Crippen molar-refractivity contribution in [2.24, 2.45) is 5.92 Å². The summed E-state index contributed by atoms with van der Waals surface area (Å²) in [5.41, 5.74) is 0.435. The van der Waals surface area contributed by atoms with Gasteiger partial charge in [-0.25, -0.2) is 0 Å². The Balaban J connectivity index is 2.03. The lowest BCUT2D eigenvalue weighted by atomic mass is 9.75. The second-order valence-electron chi connectivity index (χ2n) is 5.43. The first-order chi connectivity index (χ1) is 9.27. The van der Waals surface area contributed by atoms with Gasteiger partial charge in [0.05, 0.1) is 5.60 Å². The fourth-order valence-corrected chi connectivity index (χ4v) is 3.73. The Morgan fingerprint density at radius 1 is 1.53 bits per heavy atom. The van der Waals surface area contributed by atoms with Crippen LogP contribution < -0.4 is 5.32 Å². The number of nitrogens with one attached hydrogen (secondary N) is 1. The quantitative estimate of drug-likeness (QED) is 0.756. The molecule has 108 valence electrons. The third-order valence-electron chi connectivity index (χ3n) is 4.15. The average Bonchev–Trinajstić information content (AvgIpc) is 2.99. The zero-order chi connectivity index (χ0) is 13.6. The van der Waals surface area contributed by atoms with E-state index >= 15 is 0 Å². The maximum atomic E-state index is 11.2. The van der Waals surface area contributed by atoms with Crippen molar-refractivity contribution >= 4 is 11.3 Å². The molecule has 3 nitrogen and oxygen atoms in total. The van der Waals surface area contributed by atoms with E-state index in [9.17, 15) is 5.11 Å². The molecule has 1 aromatic heterocycles. The van der Waals surface area contributed by atoms with Crippen LogP contribution in [0.5, 0.6) is 0 Å². The maximum absolute atomic E-state index is 11.2. The summed E-state index contributed by atoms with van der Waals surface area (Å²) in [7, 11) is 1.73. The van der Waals surface area contributed by atoms with Gasteiger partial charge in [0.1, 0.15) is 0 Å². The molecule has 0 bridgehead atoms. The fourth-order valence-electron chi connectivity index (χ4n) is 3.00. The molecule has 2 rings (SSSR count). The van der Waals surface area contributed by atoms with E-state index in [4.69, 9.17) is 4.74 Å². The zero-order valence-corrected chi connectivity index (χ0v) is 12.5. The van der Waals surface area contributed by atoms with Crippen LogP contribution in [0.25, 0.3) is 0 Å². The second-order valence-corrected chi connectivity index (χ2v) is 6.21. The molecule has 0 aliphatic carbocycles. The van der Waals surface area contributed by atoms with Crippen LogP contribution in [0, 0.1) is 5.92 Å². The van der Waals surface area contributed by atoms with E-state index in [-0.39, 0.29) is 0 Å². The lowest BCUT2D eigenvalue weighted by Gasteiger charge is -2.39. The van der Waals surface area contributed by atoms with Gasteiger partial charge in [0.15, 0.2) is 0 Å². The summed E-state index contributed by atoms with van der Waals surface area (Å²) >= 11 is 1.67. The van der Waals surface area contributed by atoms with E-state index in [1.807, 2.05) is 0 Å². The number of rotatable bonds is 7. The summed E-state index contributed by atoms with van der Waals surface area (Å²) in [6, 6.07) is 2.08. The molecule has 2 N–H and O–H groups in total. The lowest BCUT2D eigenvalue weighted by Crippen LogP contribution is -2.44. The minimum atomic E-state index is -0.666. The first-order valence-corrected chi connectivity index (χ1v) is 8.16. The molecule has 0 aromatic carbocycles. The van der Waals surface area contributed by atoms with E-state index in [0.29, 0.717) is 5.92 Å². The van der Waals surface area contributed by atoms with Gasteiger partial charge in [0.25, 0.3) is 0 Å². The molecule has 2 atom stereocenters. The van der Waals surface area contributed by atoms with Gasteiger partial charge in [-0.15, -0.1) is 0 Å². The van der Waals surface area contributed by atoms with Crippen LogP contribution in [0.4, 0.5) is 0 Å². The lowest BCUT2D eigenvalue weighted by molar-refractivity contribution is -0.0430. The summed E-state index contributed by atoms with van der Waals surface area (Å²) in [4.78, 5) is 0. The molecule has 1 aliphatic heterocycles. The van der Waals surface area contributed by atoms with Crippen molar-refractivity contribution in [3.63, 3.8) is 0 Å². The first kappa shape index (κ1) is 15.0. The van der Waals surface area contributed by atoms with Gasteiger partial charge in [-0.2, -0.15) is 11.3 Å². The Bertz CT molecular complexity index is 349. The third kappa shape index (κ3) is 3.78. The highest BCUT2D eigenvalue weighted by atomic mass is 32.1. The van der Waals surface area contributed by atoms with E-state index in [1.165, 1.54) is 0 Å². The Morgan fingerprint density at radius 2 is 2.42 bits per heavy atom. The minimum Gasteiger partial charge on any atom is -0.385 e. The Morgan fingerprint density at radius 3 is 3.05 bits per heavy atom. The third-order valence-corrected chi connectivity index (χ3v) is 4.83. The average molecular weight is 283 g/mol. The topological polar surface area (TPSA) is 41.5 Å². The molecule has 0 radical (unpaired) electrons. The molecular weight excluding hydrogens is 258 g/mol. The van der Waals surface area contributed by atoms with Gasteiger partial charge >= 0.3 is 0 Å². The predicted molar refractivity (Wildman–Crippen MR) is 79.5 cm³/mol. The molecule has 0 saturated carbocycles. The Kier molecular flexibility index (Phi) is 5.82. The van der Waals surface area contributed by atoms with Gasteiger partial charge in [-0.3, -0.25) is 0 Å². The molecule has 1 aromatic rings. The molecule has 1 unspecified atom stereocenters. The number of thiophene rings is 1. The van der Waals surface area contributed by atoms with Gasteiger partial charge in [-0.05, 0) is 61.0 Å². The van der Waals surface area contributed by atoms with E-state index in [0.717, 1.165) is 57.4 Å². The van der Waals surface area contributed by atoms with Crippen LogP contribution in [-0.2, 0) is 10.3 Å². The van der Waals surface area contributed by atoms with Crippen molar-refractivity contribution in [3.8, 4) is 0 Å². The molecular formula is C15H25NO2S. The summed E-state index contributed by atoms with van der Waals surface area (Å²) in [6.45, 7) is 2.79. The SMILES string of the molecule is COCCCC[C@@](O)(c1ccsc1)C1CCCNC1. The van der Waals surface area contributed by atoms with E-state index in [2.05, 4.69) is 22.1 Å². The number of piperidine rings is 1. The number of aliphatic hydroxyl groups is 1. The summed E-state index contributed by atoms with van der Waals surface area (Å²) in [5, 5.41) is 18.8. The highest BCUT2D eigenvalue weighted by Gasteiger charge is 2.38. The number of ether oxygens (including phenoxy) is 1. The summed E-state index contributed by atoms with van der Waals surface area (Å²) in [5.74, 6) is 0.332. The van der Waals surface area contributed by atoms with Crippen LogP contribution in [0.15, 0.2) is 16.8 Å². The monoisotopic (exact) mass is 283 g/mol. The number of hydrogen-bond donors (Lipinski definition) is 2. The smallest absolute Gasteiger partial charge is 0.0944 e. The predicted octanol–water partition coefficient (Wildman–Crippen LogP) is 2.75. The highest BCUT2D eigenvalue weighted by molar-refractivity contribution is 7.08. The van der Waals surface area contributed by atoms with Crippen molar-refractivity contribution in [3.05, 3.63) is 22.4 Å². The van der Waals surface area contributed by atoms with E-state index in [1.54, 1.807) is 18.4 Å². The van der Waals surface area contributed by atoms with Gasteiger partial charge in [-0.1, -0.05) is 0 Å². The molecule has 0 spiro atoms. The molecule has 19 heavy (non-hydrogen) atoms. The molecule has 1 saturated heterocycles. The number of hydrogen-bond acceptors (Lipinski definition) is 4. The van der Waals surface area contributed by atoms with Crippen molar-refractivity contribution in [2.45, 2.75) is 37.7 Å². The number of unbranched alkanes of at least 4 members (excludes halogenated alkanes) is 1. The molecule has 1 fully saturated rings. The largest absolute Gasteiger partial charge is 0.385 e. The van der Waals surface area contributed by atoms with Crippen molar-refractivity contribution in [1.82, 2.24) is 5.32 Å². The Labute approximate surface area is 120 Å². The van der Waals surface area contributed by atoms with Crippen molar-refractivity contribution in [1.29, 1.82) is 0 Å². The van der Waals surface area contributed by atoms with Crippen LogP contribution in [0.1, 0.15) is 37.7 Å². The van der Waals surface area contributed by atoms with E-state index < -0.39 is 5.60 Å². The van der Waals surface area contributed by atoms with Crippen molar-refractivity contribution < 1.29 is 9.84 Å². The van der Waals surface area contributed by atoms with Gasteiger partial charge in [0.2, 0.25) is 0 Å². The van der Waals surface area contributed by atoms with Crippen LogP contribution >= 0.6 is 11.3 Å². The molecule has 0 amide bonds. The summed E-state index contributed by atoms with van der Waals surface area (Å²) < 4.78 is 5.10. The van der Waals surface area contributed by atoms with Crippen LogP contribution in [-0.4, -0.2) is 31.9 Å². The zero-order valence-electron chi connectivity index (χ0n) is 11.7. The highest BCUT2D eigenvalue weighted by Crippen LogP contribution is 2.39. The number of methoxy groups -OCH3 is 1. The maximum Gasteiger partial charge on any atom is 0.0944 e. The minimum absolute atomic E-state index is 0.332. The van der Waals surface area contributed by atoms with Gasteiger partial charge in [0, 0.05) is 26.2 Å². The second kappa shape index (κ2) is 7.39. The first-order valence-electron chi connectivity index (χ1n) is 7.22. The standard InChI is InChI=1S/C15H25NO2S/c1-18-9-3-2-7-15(17,14-6-10-19-12-14)13-5-4-8-16-11-13/h6,10,12-13,16-17H,2-5,7-9,11H2,1H3/t13?,15-/m0/s1. The molecule has 1 aliphatic rings. The molecule has 4 heteroatoms. The van der Waals surface area contributed by atoms with Crippen LogP contribution in [0.2, 0.25) is 0 Å². The fraction of sp³-hybridized carbons (Fsp3) is 0.733. The molecule has 2 heterocycles. The van der Waals surface area contributed by atoms with Crippen molar-refractivity contribution in [2.75, 3.05) is 26.8 Å². The normalized spacial score (nSPS) is 23.2. The Hall–Kier alpha value is -0.420. The van der Waals surface area contributed by atoms with Gasteiger partial charge < -0.3 is 15.2 Å². The van der Waals surface area contributed by atoms with Crippen LogP contribution in [0.3, 0.4) is 0 Å².